The second-order valence-electron chi connectivity index (χ2n) is 9.39. The lowest BCUT2D eigenvalue weighted by molar-refractivity contribution is 0.0357. The first-order valence-corrected chi connectivity index (χ1v) is 13.2. The molecule has 0 saturated carbocycles. The van der Waals surface area contributed by atoms with Crippen LogP contribution in [0.4, 0.5) is 5.69 Å². The molecule has 11 heteroatoms. The van der Waals surface area contributed by atoms with Crippen LogP contribution < -0.4 is 14.8 Å². The second kappa shape index (κ2) is 11.3. The molecule has 3 aliphatic rings. The van der Waals surface area contributed by atoms with Crippen molar-refractivity contribution in [3.05, 3.63) is 66.1 Å². The number of nitrogens with zero attached hydrogens (tertiary/aromatic N) is 6. The summed E-state index contributed by atoms with van der Waals surface area (Å²) in [6.45, 7) is 6.23. The van der Waals surface area contributed by atoms with E-state index in [-0.39, 0.29) is 5.91 Å². The zero-order chi connectivity index (χ0) is 26.6. The third-order valence-corrected chi connectivity index (χ3v) is 6.94. The molecule has 1 amide bonds. The van der Waals surface area contributed by atoms with E-state index in [0.29, 0.717) is 48.4 Å². The van der Waals surface area contributed by atoms with Gasteiger partial charge in [0.2, 0.25) is 5.96 Å². The molecule has 0 bridgehead atoms. The van der Waals surface area contributed by atoms with Gasteiger partial charge in [0, 0.05) is 50.3 Å². The van der Waals surface area contributed by atoms with Crippen molar-refractivity contribution in [3.8, 4) is 17.3 Å². The van der Waals surface area contributed by atoms with E-state index in [2.05, 4.69) is 20.2 Å². The molecular formula is C28H31N7O4. The van der Waals surface area contributed by atoms with Crippen LogP contribution in [-0.4, -0.2) is 96.7 Å². The number of carbonyl (C=O) groups excluding carboxylic acids is 1. The topological polar surface area (TPSA) is 106 Å². The quantitative estimate of drug-likeness (QED) is 0.447. The first kappa shape index (κ1) is 25.1. The van der Waals surface area contributed by atoms with Crippen molar-refractivity contribution in [1.82, 2.24) is 24.7 Å². The van der Waals surface area contributed by atoms with Gasteiger partial charge < -0.3 is 18.8 Å². The smallest absolute Gasteiger partial charge is 0.259 e. The van der Waals surface area contributed by atoms with Crippen LogP contribution in [0.1, 0.15) is 22.3 Å². The highest BCUT2D eigenvalue weighted by Gasteiger charge is 2.33. The molecule has 1 aromatic carbocycles. The van der Waals surface area contributed by atoms with Crippen LogP contribution in [0.3, 0.4) is 0 Å². The Morgan fingerprint density at radius 2 is 1.95 bits per heavy atom. The molecule has 0 atom stereocenters. The number of carbonyl (C=O) groups is 1. The molecule has 0 unspecified atom stereocenters. The summed E-state index contributed by atoms with van der Waals surface area (Å²) < 4.78 is 19.2. The van der Waals surface area contributed by atoms with Gasteiger partial charge in [-0.15, -0.1) is 0 Å². The third kappa shape index (κ3) is 5.23. The molecule has 1 N–H and O–H groups in total. The van der Waals surface area contributed by atoms with Crippen LogP contribution in [0.15, 0.2) is 65.0 Å². The molecule has 39 heavy (non-hydrogen) atoms. The number of rotatable bonds is 8. The second-order valence-corrected chi connectivity index (χ2v) is 9.39. The molecule has 1 fully saturated rings. The van der Waals surface area contributed by atoms with Gasteiger partial charge in [-0.05, 0) is 42.8 Å². The molecule has 0 radical (unpaired) electrons. The van der Waals surface area contributed by atoms with Gasteiger partial charge >= 0.3 is 0 Å². The summed E-state index contributed by atoms with van der Waals surface area (Å²) >= 11 is 0. The number of aliphatic imine (C=N–C) groups is 2. The summed E-state index contributed by atoms with van der Waals surface area (Å²) in [5, 5.41) is 2.96. The average molecular weight is 530 g/mol. The predicted octanol–water partition coefficient (Wildman–Crippen LogP) is 2.48. The monoisotopic (exact) mass is 529 g/mol. The van der Waals surface area contributed by atoms with Crippen molar-refractivity contribution >= 4 is 23.4 Å². The average Bonchev–Trinajstić information content (AvgIpc) is 3.69. The van der Waals surface area contributed by atoms with Gasteiger partial charge in [-0.25, -0.2) is 9.98 Å². The Bertz CT molecular complexity index is 1380. The van der Waals surface area contributed by atoms with Gasteiger partial charge in [0.25, 0.3) is 5.91 Å². The van der Waals surface area contributed by atoms with Gasteiger partial charge in [0.1, 0.15) is 17.3 Å². The zero-order valence-corrected chi connectivity index (χ0v) is 21.9. The normalized spacial score (nSPS) is 16.7. The molecule has 11 nitrogen and oxygen atoms in total. The van der Waals surface area contributed by atoms with Crippen LogP contribution >= 0.6 is 0 Å². The van der Waals surface area contributed by atoms with E-state index in [0.717, 1.165) is 56.5 Å². The van der Waals surface area contributed by atoms with E-state index in [4.69, 9.17) is 19.2 Å². The van der Waals surface area contributed by atoms with Crippen molar-refractivity contribution < 1.29 is 19.0 Å². The van der Waals surface area contributed by atoms with Crippen molar-refractivity contribution in [2.75, 3.05) is 59.7 Å². The van der Waals surface area contributed by atoms with E-state index in [9.17, 15) is 4.79 Å². The fraction of sp³-hybridized carbons (Fsp3) is 0.357. The predicted molar refractivity (Wildman–Crippen MR) is 147 cm³/mol. The van der Waals surface area contributed by atoms with Crippen LogP contribution in [0.5, 0.6) is 11.5 Å². The zero-order valence-electron chi connectivity index (χ0n) is 21.9. The van der Waals surface area contributed by atoms with E-state index >= 15 is 0 Å². The number of nitrogens with one attached hydrogen (secondary N) is 1. The Morgan fingerprint density at radius 3 is 2.72 bits per heavy atom. The Kier molecular flexibility index (Phi) is 7.24. The molecule has 5 heterocycles. The molecule has 3 aliphatic heterocycles. The molecule has 202 valence electrons. The number of benzene rings is 1. The van der Waals surface area contributed by atoms with Crippen LogP contribution in [0.2, 0.25) is 0 Å². The van der Waals surface area contributed by atoms with Gasteiger partial charge in [-0.2, -0.15) is 0 Å². The maximum atomic E-state index is 13.2. The van der Waals surface area contributed by atoms with Gasteiger partial charge in [-0.1, -0.05) is 0 Å². The maximum absolute atomic E-state index is 13.2. The lowest BCUT2D eigenvalue weighted by atomic mass is 10.1. The number of ether oxygens (including phenoxy) is 3. The Balaban J connectivity index is 1.19. The number of aromatic nitrogens is 2. The number of fused-ring (bicyclic) bond motifs is 3. The number of pyridine rings is 1. The molecule has 1 saturated heterocycles. The summed E-state index contributed by atoms with van der Waals surface area (Å²) in [4.78, 5) is 31.4. The van der Waals surface area contributed by atoms with Crippen LogP contribution in [0.25, 0.3) is 5.82 Å². The summed E-state index contributed by atoms with van der Waals surface area (Å²) in [6.07, 6.45) is 6.26. The molecule has 2 aromatic heterocycles. The summed E-state index contributed by atoms with van der Waals surface area (Å²) in [5.74, 6) is 2.73. The van der Waals surface area contributed by atoms with E-state index in [1.54, 1.807) is 25.4 Å². The van der Waals surface area contributed by atoms with Crippen molar-refractivity contribution in [1.29, 1.82) is 0 Å². The van der Waals surface area contributed by atoms with Crippen molar-refractivity contribution in [2.24, 2.45) is 9.98 Å². The minimum atomic E-state index is -0.301. The SMILES string of the molecule is COc1c(OCCCN2CCOCC2)ccc2c1N=C(NC(=O)c1ccc(-n3cccc3)nc1)N1CCN=C21. The maximum Gasteiger partial charge on any atom is 0.259 e. The first-order valence-electron chi connectivity index (χ1n) is 13.2. The van der Waals surface area contributed by atoms with Gasteiger partial charge in [-0.3, -0.25) is 24.9 Å². The van der Waals surface area contributed by atoms with Crippen LogP contribution in [0, 0.1) is 0 Å². The largest absolute Gasteiger partial charge is 0.491 e. The summed E-state index contributed by atoms with van der Waals surface area (Å²) in [7, 11) is 1.60. The number of methoxy groups -OCH3 is 1. The highest BCUT2D eigenvalue weighted by molar-refractivity contribution is 6.20. The molecule has 6 rings (SSSR count). The number of morpholine rings is 1. The minimum absolute atomic E-state index is 0.301. The Morgan fingerprint density at radius 1 is 1.10 bits per heavy atom. The standard InChI is InChI=1S/C28H31N7O4/c1-37-25-22(39-16-4-10-33-14-17-38-18-15-33)7-6-21-24(25)31-28(35-13-9-29-26(21)35)32-27(36)20-5-8-23(30-19-20)34-11-2-3-12-34/h2-3,5-8,11-12,19H,4,9-10,13-18H2,1H3,(H,31,32,36). The lowest BCUT2D eigenvalue weighted by Gasteiger charge is -2.29. The molecule has 3 aromatic rings. The molecular weight excluding hydrogens is 498 g/mol. The minimum Gasteiger partial charge on any atom is -0.491 e. The number of amidine groups is 1. The fourth-order valence-electron chi connectivity index (χ4n) is 4.93. The third-order valence-electron chi connectivity index (χ3n) is 6.94. The first-order chi connectivity index (χ1) is 19.2. The van der Waals surface area contributed by atoms with E-state index in [1.807, 2.05) is 46.1 Å². The van der Waals surface area contributed by atoms with Crippen LogP contribution in [-0.2, 0) is 4.74 Å². The summed E-state index contributed by atoms with van der Waals surface area (Å²) in [6, 6.07) is 11.3. The van der Waals surface area contributed by atoms with Crippen molar-refractivity contribution in [2.45, 2.75) is 6.42 Å². The highest BCUT2D eigenvalue weighted by atomic mass is 16.5. The Hall–Kier alpha value is -4.22. The molecule has 0 aliphatic carbocycles. The van der Waals surface area contributed by atoms with Gasteiger partial charge in [0.05, 0.1) is 39.0 Å². The summed E-state index contributed by atoms with van der Waals surface area (Å²) in [5.41, 5.74) is 1.87. The van der Waals surface area contributed by atoms with Crippen molar-refractivity contribution in [3.63, 3.8) is 0 Å². The highest BCUT2D eigenvalue weighted by Crippen LogP contribution is 2.43. The van der Waals surface area contributed by atoms with E-state index < -0.39 is 0 Å². The number of amides is 1. The molecule has 0 spiro atoms. The number of hydrogen-bond donors (Lipinski definition) is 1. The fourth-order valence-corrected chi connectivity index (χ4v) is 4.93. The number of hydrogen-bond acceptors (Lipinski definition) is 9. The number of guanidine groups is 1. The Labute approximate surface area is 226 Å². The van der Waals surface area contributed by atoms with E-state index in [1.165, 1.54) is 0 Å². The lowest BCUT2D eigenvalue weighted by Crippen LogP contribution is -2.47. The van der Waals surface area contributed by atoms with Gasteiger partial charge in [0.15, 0.2) is 11.5 Å².